The van der Waals surface area contributed by atoms with Gasteiger partial charge in [0.2, 0.25) is 0 Å². The van der Waals surface area contributed by atoms with Gasteiger partial charge in [0.25, 0.3) is 0 Å². The normalized spacial score (nSPS) is 18.0. The number of ether oxygens (including phenoxy) is 1. The Morgan fingerprint density at radius 2 is 2.45 bits per heavy atom. The molecular formula is C13H14ClN3O3S2. The molecule has 0 aromatic carbocycles. The number of carbonyl (C=O) groups is 1. The van der Waals surface area contributed by atoms with Gasteiger partial charge in [0.05, 0.1) is 27.6 Å². The predicted molar refractivity (Wildman–Crippen MR) is 86.2 cm³/mol. The van der Waals surface area contributed by atoms with Crippen molar-refractivity contribution in [2.24, 2.45) is 0 Å². The molecule has 0 unspecified atom stereocenters. The molecule has 1 aliphatic heterocycles. The number of thiophene rings is 1. The summed E-state index contributed by atoms with van der Waals surface area (Å²) in [5.74, 6) is 0.188. The summed E-state index contributed by atoms with van der Waals surface area (Å²) < 4.78 is 7.67. The number of carbonyl (C=O) groups excluding carboxylic acids is 1. The van der Waals surface area contributed by atoms with Crippen molar-refractivity contribution in [3.8, 4) is 0 Å². The van der Waals surface area contributed by atoms with Crippen LogP contribution >= 0.6 is 34.7 Å². The molecule has 0 amide bonds. The maximum absolute atomic E-state index is 12.1. The summed E-state index contributed by atoms with van der Waals surface area (Å²) in [5, 5.41) is 6.93. The van der Waals surface area contributed by atoms with Crippen molar-refractivity contribution in [2.75, 3.05) is 12.4 Å². The van der Waals surface area contributed by atoms with Crippen LogP contribution in [0.25, 0.3) is 0 Å². The molecule has 0 saturated carbocycles. The van der Waals surface area contributed by atoms with Gasteiger partial charge in [-0.2, -0.15) is 0 Å². The Balaban J connectivity index is 1.65. The third kappa shape index (κ3) is 3.62. The molecule has 2 aromatic heterocycles. The molecule has 1 N–H and O–H groups in total. The summed E-state index contributed by atoms with van der Waals surface area (Å²) in [7, 11) is 0. The molecule has 1 aliphatic rings. The van der Waals surface area contributed by atoms with Crippen molar-refractivity contribution in [1.29, 1.82) is 0 Å². The monoisotopic (exact) mass is 359 g/mol. The molecule has 0 spiro atoms. The number of nitrogens with zero attached hydrogens (tertiary/aromatic N) is 2. The SMILES string of the molecule is O=C(CSc1n[nH]c(=O)n1C[C@@H]1CCCO1)c1ccc(Cl)s1. The zero-order valence-electron chi connectivity index (χ0n) is 11.6. The first-order chi connectivity index (χ1) is 10.6. The summed E-state index contributed by atoms with van der Waals surface area (Å²) in [4.78, 5) is 24.5. The number of ketones is 1. The van der Waals surface area contributed by atoms with E-state index in [-0.39, 0.29) is 23.3 Å². The van der Waals surface area contributed by atoms with E-state index in [1.165, 1.54) is 27.7 Å². The fourth-order valence-electron chi connectivity index (χ4n) is 2.23. The van der Waals surface area contributed by atoms with Gasteiger partial charge in [-0.25, -0.2) is 9.89 Å². The van der Waals surface area contributed by atoms with Gasteiger partial charge >= 0.3 is 5.69 Å². The molecule has 118 valence electrons. The Bertz CT molecular complexity index is 718. The van der Waals surface area contributed by atoms with Gasteiger partial charge in [-0.15, -0.1) is 16.4 Å². The van der Waals surface area contributed by atoms with E-state index in [0.717, 1.165) is 19.4 Å². The lowest BCUT2D eigenvalue weighted by Crippen LogP contribution is -2.25. The zero-order valence-corrected chi connectivity index (χ0v) is 14.0. The Kier molecular flexibility index (Phi) is 5.02. The topological polar surface area (TPSA) is 77.0 Å². The van der Waals surface area contributed by atoms with Gasteiger partial charge in [0.1, 0.15) is 0 Å². The van der Waals surface area contributed by atoms with Gasteiger partial charge in [-0.3, -0.25) is 9.36 Å². The van der Waals surface area contributed by atoms with E-state index in [9.17, 15) is 9.59 Å². The summed E-state index contributed by atoms with van der Waals surface area (Å²) in [5.41, 5.74) is -0.274. The number of aromatic nitrogens is 3. The second-order valence-corrected chi connectivity index (χ2v) is 7.53. The molecule has 1 saturated heterocycles. The van der Waals surface area contributed by atoms with Crippen molar-refractivity contribution in [2.45, 2.75) is 30.6 Å². The van der Waals surface area contributed by atoms with E-state index in [4.69, 9.17) is 16.3 Å². The highest BCUT2D eigenvalue weighted by Crippen LogP contribution is 2.24. The molecule has 1 atom stereocenters. The smallest absolute Gasteiger partial charge is 0.344 e. The van der Waals surface area contributed by atoms with Crippen LogP contribution in [-0.4, -0.2) is 39.0 Å². The lowest BCUT2D eigenvalue weighted by molar-refractivity contribution is 0.0941. The first-order valence-corrected chi connectivity index (χ1v) is 8.99. The zero-order chi connectivity index (χ0) is 15.5. The Morgan fingerprint density at radius 3 is 3.14 bits per heavy atom. The number of Topliss-reactive ketones (excluding diaryl/α,β-unsaturated/α-hetero) is 1. The Morgan fingerprint density at radius 1 is 1.59 bits per heavy atom. The van der Waals surface area contributed by atoms with Gasteiger partial charge in [0, 0.05) is 6.61 Å². The lowest BCUT2D eigenvalue weighted by Gasteiger charge is -2.10. The molecule has 0 aliphatic carbocycles. The molecule has 2 aromatic rings. The van der Waals surface area contributed by atoms with Gasteiger partial charge in [0.15, 0.2) is 10.9 Å². The van der Waals surface area contributed by atoms with E-state index in [0.29, 0.717) is 20.9 Å². The van der Waals surface area contributed by atoms with E-state index in [2.05, 4.69) is 10.2 Å². The minimum absolute atomic E-state index is 0.0268. The third-order valence-corrected chi connectivity index (χ3v) is 5.56. The van der Waals surface area contributed by atoms with E-state index in [1.807, 2.05) is 0 Å². The average Bonchev–Trinajstić information content (AvgIpc) is 3.22. The van der Waals surface area contributed by atoms with Crippen LogP contribution in [0.5, 0.6) is 0 Å². The first kappa shape index (κ1) is 15.8. The molecule has 3 rings (SSSR count). The van der Waals surface area contributed by atoms with Crippen molar-refractivity contribution in [3.63, 3.8) is 0 Å². The Hall–Kier alpha value is -1.09. The molecule has 0 radical (unpaired) electrons. The second kappa shape index (κ2) is 6.99. The standard InChI is InChI=1S/C13H14ClN3O3S2/c14-11-4-3-10(22-11)9(18)7-21-13-16-15-12(19)17(13)6-8-2-1-5-20-8/h3-4,8H,1-2,5-7H2,(H,15,19)/t8-/m0/s1. The van der Waals surface area contributed by atoms with Gasteiger partial charge in [-0.05, 0) is 25.0 Å². The number of hydrogen-bond acceptors (Lipinski definition) is 6. The fraction of sp³-hybridized carbons (Fsp3) is 0.462. The minimum Gasteiger partial charge on any atom is -0.376 e. The molecule has 0 bridgehead atoms. The molecule has 9 heteroatoms. The average molecular weight is 360 g/mol. The predicted octanol–water partition coefficient (Wildman–Crippen LogP) is 2.44. The molecule has 3 heterocycles. The second-order valence-electron chi connectivity index (χ2n) is 4.87. The molecule has 6 nitrogen and oxygen atoms in total. The highest BCUT2D eigenvalue weighted by atomic mass is 35.5. The minimum atomic E-state index is -0.274. The number of halogens is 1. The summed E-state index contributed by atoms with van der Waals surface area (Å²) >= 11 is 8.32. The number of nitrogens with one attached hydrogen (secondary N) is 1. The lowest BCUT2D eigenvalue weighted by atomic mass is 10.2. The number of rotatable bonds is 6. The molecule has 22 heavy (non-hydrogen) atoms. The van der Waals surface area contributed by atoms with Crippen LogP contribution < -0.4 is 5.69 Å². The van der Waals surface area contributed by atoms with E-state index < -0.39 is 0 Å². The van der Waals surface area contributed by atoms with Crippen LogP contribution in [0.4, 0.5) is 0 Å². The number of thioether (sulfide) groups is 1. The largest absolute Gasteiger partial charge is 0.376 e. The quantitative estimate of drug-likeness (QED) is 0.633. The van der Waals surface area contributed by atoms with E-state index in [1.54, 1.807) is 12.1 Å². The van der Waals surface area contributed by atoms with Crippen molar-refractivity contribution in [1.82, 2.24) is 14.8 Å². The maximum Gasteiger partial charge on any atom is 0.344 e. The van der Waals surface area contributed by atoms with Gasteiger partial charge in [-0.1, -0.05) is 23.4 Å². The summed E-state index contributed by atoms with van der Waals surface area (Å²) in [6.45, 7) is 1.20. The van der Waals surface area contributed by atoms with Crippen molar-refractivity contribution in [3.05, 3.63) is 31.8 Å². The highest BCUT2D eigenvalue weighted by Gasteiger charge is 2.20. The molecular weight excluding hydrogens is 346 g/mol. The van der Waals surface area contributed by atoms with Crippen LogP contribution in [0, 0.1) is 0 Å². The summed E-state index contributed by atoms with van der Waals surface area (Å²) in [6.07, 6.45) is 1.99. The number of H-pyrrole nitrogens is 1. The number of hydrogen-bond donors (Lipinski definition) is 1. The van der Waals surface area contributed by atoms with Crippen LogP contribution in [0.1, 0.15) is 22.5 Å². The molecule has 1 fully saturated rings. The fourth-order valence-corrected chi connectivity index (χ4v) is 4.14. The van der Waals surface area contributed by atoms with Crippen molar-refractivity contribution >= 4 is 40.5 Å². The number of aromatic amines is 1. The van der Waals surface area contributed by atoms with Crippen LogP contribution in [0.3, 0.4) is 0 Å². The Labute approximate surface area is 139 Å². The van der Waals surface area contributed by atoms with Gasteiger partial charge < -0.3 is 4.74 Å². The van der Waals surface area contributed by atoms with E-state index >= 15 is 0 Å². The van der Waals surface area contributed by atoms with Crippen LogP contribution in [0.15, 0.2) is 22.1 Å². The summed E-state index contributed by atoms with van der Waals surface area (Å²) in [6, 6.07) is 3.41. The van der Waals surface area contributed by atoms with Crippen LogP contribution in [0.2, 0.25) is 4.34 Å². The van der Waals surface area contributed by atoms with Crippen molar-refractivity contribution < 1.29 is 9.53 Å². The highest BCUT2D eigenvalue weighted by molar-refractivity contribution is 7.99. The maximum atomic E-state index is 12.1. The first-order valence-electron chi connectivity index (χ1n) is 6.81. The third-order valence-electron chi connectivity index (χ3n) is 3.31. The van der Waals surface area contributed by atoms with Crippen LogP contribution in [-0.2, 0) is 11.3 Å².